The van der Waals surface area contributed by atoms with Gasteiger partial charge in [0.25, 0.3) is 5.91 Å². The highest BCUT2D eigenvalue weighted by Gasteiger charge is 2.39. The number of carbonyl (C=O) groups excluding carboxylic acids is 2. The number of carbonyl (C=O) groups is 2. The SMILES string of the molecule is N#CCC1(n2cc(C(N)=O)c(NC(=O)C3CC3)n2)CCN(Cc2ccc(-c3ccc(Cl)cc3)cc2)CC1. The van der Waals surface area contributed by atoms with Crippen LogP contribution in [0.4, 0.5) is 5.82 Å². The molecule has 0 unspecified atom stereocenters. The lowest BCUT2D eigenvalue weighted by atomic mass is 9.84. The Morgan fingerprint density at radius 3 is 2.27 bits per heavy atom. The van der Waals surface area contributed by atoms with Gasteiger partial charge in [-0.15, -0.1) is 0 Å². The fourth-order valence-electron chi connectivity index (χ4n) is 4.92. The lowest BCUT2D eigenvalue weighted by Gasteiger charge is -2.40. The van der Waals surface area contributed by atoms with Gasteiger partial charge in [0.1, 0.15) is 5.56 Å². The van der Waals surface area contributed by atoms with Crippen LogP contribution in [0.5, 0.6) is 0 Å². The summed E-state index contributed by atoms with van der Waals surface area (Å²) in [6.45, 7) is 2.35. The molecule has 0 atom stereocenters. The summed E-state index contributed by atoms with van der Waals surface area (Å²) in [5, 5.41) is 17.7. The van der Waals surface area contributed by atoms with Crippen molar-refractivity contribution in [1.82, 2.24) is 14.7 Å². The molecule has 2 fully saturated rings. The Balaban J connectivity index is 1.27. The van der Waals surface area contributed by atoms with Crippen LogP contribution in [0, 0.1) is 17.2 Å². The molecule has 190 valence electrons. The maximum absolute atomic E-state index is 12.3. The molecule has 1 aromatic heterocycles. The van der Waals surface area contributed by atoms with Gasteiger partial charge in [-0.1, -0.05) is 48.0 Å². The summed E-state index contributed by atoms with van der Waals surface area (Å²) in [6.07, 6.45) is 4.92. The molecule has 2 heterocycles. The molecule has 1 aliphatic heterocycles. The topological polar surface area (TPSA) is 117 Å². The number of primary amides is 1. The van der Waals surface area contributed by atoms with E-state index in [9.17, 15) is 14.9 Å². The molecule has 1 saturated carbocycles. The fourth-order valence-corrected chi connectivity index (χ4v) is 5.04. The smallest absolute Gasteiger partial charge is 0.254 e. The Labute approximate surface area is 221 Å². The number of rotatable bonds is 8. The normalized spacial score (nSPS) is 17.2. The van der Waals surface area contributed by atoms with Crippen molar-refractivity contribution in [3.05, 3.63) is 70.9 Å². The average Bonchev–Trinajstić information content (AvgIpc) is 3.66. The molecule has 0 bridgehead atoms. The van der Waals surface area contributed by atoms with Gasteiger partial charge in [0.15, 0.2) is 5.82 Å². The first-order valence-electron chi connectivity index (χ1n) is 12.5. The van der Waals surface area contributed by atoms with Crippen molar-refractivity contribution < 1.29 is 9.59 Å². The first-order chi connectivity index (χ1) is 17.9. The van der Waals surface area contributed by atoms with Crippen LogP contribution in [0.25, 0.3) is 11.1 Å². The van der Waals surface area contributed by atoms with E-state index in [2.05, 4.69) is 45.7 Å². The highest BCUT2D eigenvalue weighted by atomic mass is 35.5. The molecule has 1 saturated heterocycles. The van der Waals surface area contributed by atoms with Gasteiger partial charge < -0.3 is 11.1 Å². The number of anilines is 1. The second kappa shape index (κ2) is 10.4. The molecule has 9 heteroatoms. The minimum Gasteiger partial charge on any atom is -0.365 e. The Kier molecular flexibility index (Phi) is 7.00. The molecule has 3 aromatic rings. The van der Waals surface area contributed by atoms with Crippen LogP contribution in [0.15, 0.2) is 54.7 Å². The van der Waals surface area contributed by atoms with Crippen molar-refractivity contribution in [3.63, 3.8) is 0 Å². The summed E-state index contributed by atoms with van der Waals surface area (Å²) in [4.78, 5) is 26.7. The Morgan fingerprint density at radius 1 is 1.08 bits per heavy atom. The number of nitriles is 1. The molecule has 0 spiro atoms. The van der Waals surface area contributed by atoms with Gasteiger partial charge >= 0.3 is 0 Å². The third kappa shape index (κ3) is 5.53. The highest BCUT2D eigenvalue weighted by molar-refractivity contribution is 6.30. The van der Waals surface area contributed by atoms with Crippen molar-refractivity contribution in [3.8, 4) is 17.2 Å². The van der Waals surface area contributed by atoms with E-state index in [-0.39, 0.29) is 29.6 Å². The first kappa shape index (κ1) is 25.0. The predicted octanol–water partition coefficient (Wildman–Crippen LogP) is 4.56. The fraction of sp³-hybridized carbons (Fsp3) is 0.357. The van der Waals surface area contributed by atoms with Gasteiger partial charge in [-0.05, 0) is 54.5 Å². The van der Waals surface area contributed by atoms with Crippen LogP contribution < -0.4 is 11.1 Å². The molecule has 8 nitrogen and oxygen atoms in total. The van der Waals surface area contributed by atoms with E-state index in [0.717, 1.165) is 48.6 Å². The van der Waals surface area contributed by atoms with Crippen LogP contribution in [-0.2, 0) is 16.9 Å². The Morgan fingerprint density at radius 2 is 1.70 bits per heavy atom. The van der Waals surface area contributed by atoms with Crippen LogP contribution >= 0.6 is 11.6 Å². The number of aromatic nitrogens is 2. The van der Waals surface area contributed by atoms with Gasteiger partial charge in [0.05, 0.1) is 18.0 Å². The molecule has 2 aromatic carbocycles. The predicted molar refractivity (Wildman–Crippen MR) is 142 cm³/mol. The summed E-state index contributed by atoms with van der Waals surface area (Å²) in [6, 6.07) is 18.6. The number of likely N-dealkylation sites (tertiary alicyclic amines) is 1. The van der Waals surface area contributed by atoms with E-state index in [1.54, 1.807) is 10.9 Å². The van der Waals surface area contributed by atoms with Gasteiger partial charge in [0, 0.05) is 36.8 Å². The van der Waals surface area contributed by atoms with Crippen LogP contribution in [0.1, 0.15) is 48.0 Å². The number of amides is 2. The van der Waals surface area contributed by atoms with Crippen molar-refractivity contribution in [2.75, 3.05) is 18.4 Å². The Bertz CT molecular complexity index is 1330. The maximum atomic E-state index is 12.3. The summed E-state index contributed by atoms with van der Waals surface area (Å²) in [5.74, 6) is -0.629. The van der Waals surface area contributed by atoms with E-state index < -0.39 is 11.4 Å². The number of hydrogen-bond donors (Lipinski definition) is 2. The monoisotopic (exact) mass is 516 g/mol. The number of nitrogens with one attached hydrogen (secondary N) is 1. The third-order valence-electron chi connectivity index (χ3n) is 7.39. The van der Waals surface area contributed by atoms with E-state index >= 15 is 0 Å². The summed E-state index contributed by atoms with van der Waals surface area (Å²) in [5.41, 5.74) is 8.67. The van der Waals surface area contributed by atoms with Crippen molar-refractivity contribution in [2.45, 2.75) is 44.2 Å². The van der Waals surface area contributed by atoms with E-state index in [4.69, 9.17) is 17.3 Å². The van der Waals surface area contributed by atoms with E-state index in [1.807, 2.05) is 24.3 Å². The summed E-state index contributed by atoms with van der Waals surface area (Å²) >= 11 is 6.00. The van der Waals surface area contributed by atoms with Gasteiger partial charge in [0.2, 0.25) is 5.91 Å². The molecular weight excluding hydrogens is 488 g/mol. The number of piperidine rings is 1. The standard InChI is InChI=1S/C28H29ClN6O2/c29-23-9-7-21(8-10-23)20-3-1-19(2-4-20)17-34-15-12-28(11-14-30,13-16-34)35-18-24(25(31)36)26(33-35)32-27(37)22-5-6-22/h1-4,7-10,18,22H,5-6,11-13,15-17H2,(H2,31,36)(H,32,33,37). The second-order valence-corrected chi connectivity index (χ2v) is 10.4. The molecule has 5 rings (SSSR count). The van der Waals surface area contributed by atoms with Crippen LogP contribution in [0.2, 0.25) is 5.02 Å². The van der Waals surface area contributed by atoms with Gasteiger partial charge in [-0.2, -0.15) is 10.4 Å². The molecule has 2 aliphatic rings. The van der Waals surface area contributed by atoms with Gasteiger partial charge in [-0.25, -0.2) is 0 Å². The van der Waals surface area contributed by atoms with Crippen molar-refractivity contribution >= 4 is 29.2 Å². The molecule has 37 heavy (non-hydrogen) atoms. The molecular formula is C28H29ClN6O2. The minimum absolute atomic E-state index is 0.0255. The molecule has 0 radical (unpaired) electrons. The van der Waals surface area contributed by atoms with Gasteiger partial charge in [-0.3, -0.25) is 19.2 Å². The number of nitrogens with zero attached hydrogens (tertiary/aromatic N) is 4. The van der Waals surface area contributed by atoms with Crippen molar-refractivity contribution in [2.24, 2.45) is 11.7 Å². The quantitative estimate of drug-likeness (QED) is 0.455. The molecule has 2 amide bonds. The second-order valence-electron chi connectivity index (χ2n) is 10.0. The summed E-state index contributed by atoms with van der Waals surface area (Å²) in [7, 11) is 0. The van der Waals surface area contributed by atoms with Crippen LogP contribution in [-0.4, -0.2) is 39.6 Å². The maximum Gasteiger partial charge on any atom is 0.254 e. The molecule has 3 N–H and O–H groups in total. The highest BCUT2D eigenvalue weighted by Crippen LogP contribution is 2.36. The lowest BCUT2D eigenvalue weighted by Crippen LogP contribution is -2.46. The minimum atomic E-state index is -0.649. The average molecular weight is 517 g/mol. The molecule has 1 aliphatic carbocycles. The largest absolute Gasteiger partial charge is 0.365 e. The zero-order valence-electron chi connectivity index (χ0n) is 20.5. The first-order valence-corrected chi connectivity index (χ1v) is 12.9. The zero-order chi connectivity index (χ0) is 26.0. The number of nitrogens with two attached hydrogens (primary N) is 1. The summed E-state index contributed by atoms with van der Waals surface area (Å²) < 4.78 is 1.69. The zero-order valence-corrected chi connectivity index (χ0v) is 21.2. The number of halogens is 1. The Hall–Kier alpha value is -3.67. The van der Waals surface area contributed by atoms with E-state index in [0.29, 0.717) is 12.8 Å². The van der Waals surface area contributed by atoms with Crippen LogP contribution in [0.3, 0.4) is 0 Å². The lowest BCUT2D eigenvalue weighted by molar-refractivity contribution is -0.117. The number of benzene rings is 2. The third-order valence-corrected chi connectivity index (χ3v) is 7.64. The van der Waals surface area contributed by atoms with E-state index in [1.165, 1.54) is 5.56 Å². The number of hydrogen-bond acceptors (Lipinski definition) is 5. The van der Waals surface area contributed by atoms with Crippen molar-refractivity contribution in [1.29, 1.82) is 5.26 Å².